The van der Waals surface area contributed by atoms with Crippen molar-refractivity contribution >= 4 is 23.0 Å². The van der Waals surface area contributed by atoms with Gasteiger partial charge in [-0.1, -0.05) is 37.6 Å². The fourth-order valence-electron chi connectivity index (χ4n) is 6.77. The third-order valence-electron chi connectivity index (χ3n) is 9.75. The van der Waals surface area contributed by atoms with Crippen molar-refractivity contribution in [2.45, 2.75) is 51.0 Å². The summed E-state index contributed by atoms with van der Waals surface area (Å²) in [7, 11) is 1.90. The second-order valence-corrected chi connectivity index (χ2v) is 13.3. The van der Waals surface area contributed by atoms with Crippen molar-refractivity contribution < 1.29 is 14.2 Å². The molecular weight excluding hydrogens is 656 g/mol. The quantitative estimate of drug-likeness (QED) is 0.170. The highest BCUT2D eigenvalue weighted by Crippen LogP contribution is 2.38. The number of piperazine rings is 1. The van der Waals surface area contributed by atoms with E-state index in [1.165, 1.54) is 4.68 Å². The van der Waals surface area contributed by atoms with E-state index in [4.69, 9.17) is 25.8 Å². The van der Waals surface area contributed by atoms with Gasteiger partial charge in [0.25, 0.3) is 0 Å². The van der Waals surface area contributed by atoms with Crippen molar-refractivity contribution in [3.05, 3.63) is 112 Å². The maximum Gasteiger partial charge on any atom is 0.350 e. The van der Waals surface area contributed by atoms with Gasteiger partial charge in [0.15, 0.2) is 0 Å². The van der Waals surface area contributed by atoms with Crippen LogP contribution in [0.5, 0.6) is 5.75 Å². The molecular formula is C37H43ClN8O4. The third-order valence-corrected chi connectivity index (χ3v) is 10.00. The van der Waals surface area contributed by atoms with E-state index in [-0.39, 0.29) is 17.8 Å². The predicted molar refractivity (Wildman–Crippen MR) is 192 cm³/mol. The summed E-state index contributed by atoms with van der Waals surface area (Å²) in [6, 6.07) is 24.0. The highest BCUT2D eigenvalue weighted by Gasteiger charge is 2.44. The summed E-state index contributed by atoms with van der Waals surface area (Å²) in [5, 5.41) is 13.3. The Kier molecular flexibility index (Phi) is 9.93. The first-order chi connectivity index (χ1) is 24.4. The second-order valence-electron chi connectivity index (χ2n) is 12.8. The zero-order chi connectivity index (χ0) is 34.7. The smallest absolute Gasteiger partial charge is 0.350 e. The zero-order valence-corrected chi connectivity index (χ0v) is 29.4. The maximum absolute atomic E-state index is 13.0. The van der Waals surface area contributed by atoms with Crippen molar-refractivity contribution in [3.8, 4) is 11.4 Å². The molecule has 2 aliphatic rings. The highest BCUT2D eigenvalue weighted by atomic mass is 35.5. The van der Waals surface area contributed by atoms with E-state index in [1.54, 1.807) is 17.2 Å². The molecule has 50 heavy (non-hydrogen) atoms. The van der Waals surface area contributed by atoms with Gasteiger partial charge >= 0.3 is 5.69 Å². The van der Waals surface area contributed by atoms with E-state index in [0.29, 0.717) is 24.7 Å². The molecule has 2 aliphatic heterocycles. The second kappa shape index (κ2) is 14.7. The van der Waals surface area contributed by atoms with Gasteiger partial charge in [-0.15, -0.1) is 10.2 Å². The number of halogens is 1. The van der Waals surface area contributed by atoms with E-state index in [1.807, 2.05) is 60.1 Å². The minimum absolute atomic E-state index is 0.0944. The number of nitrogens with zero attached hydrogens (tertiary/aromatic N) is 8. The molecule has 0 N–H and O–H groups in total. The lowest BCUT2D eigenvalue weighted by Crippen LogP contribution is -2.46. The molecule has 13 heteroatoms. The van der Waals surface area contributed by atoms with Crippen LogP contribution in [0, 0.1) is 0 Å². The van der Waals surface area contributed by atoms with Crippen LogP contribution in [0.2, 0.25) is 5.02 Å². The van der Waals surface area contributed by atoms with Gasteiger partial charge in [0, 0.05) is 61.2 Å². The molecule has 2 aromatic heterocycles. The molecule has 12 nitrogen and oxygen atoms in total. The first kappa shape index (κ1) is 33.8. The summed E-state index contributed by atoms with van der Waals surface area (Å²) in [6.07, 6.45) is 5.25. The first-order valence-corrected chi connectivity index (χ1v) is 17.6. The summed E-state index contributed by atoms with van der Waals surface area (Å²) in [4.78, 5) is 17.7. The van der Waals surface area contributed by atoms with Crippen LogP contribution in [-0.4, -0.2) is 74.6 Å². The lowest BCUT2D eigenvalue weighted by atomic mass is 10.0. The summed E-state index contributed by atoms with van der Waals surface area (Å²) in [6.45, 7) is 8.49. The van der Waals surface area contributed by atoms with Gasteiger partial charge in [-0.2, -0.15) is 9.78 Å². The molecule has 2 unspecified atom stereocenters. The van der Waals surface area contributed by atoms with Gasteiger partial charge in [-0.25, -0.2) is 4.79 Å². The zero-order valence-electron chi connectivity index (χ0n) is 28.7. The standard InChI is InChI=1S/C37H43ClN8O4/c1-4-29(5-2)45-26-40-46(36(45)47)32-12-10-30(11-13-32)43-18-20-44(21-19-43)31-14-16-33(17-15-31)48-23-34-24-49-37(50-34,22-35-41-39-25-42(35)3)27-6-8-28(38)9-7-27/h6-17,25-26,29,34H,4-5,18-24H2,1-3H3. The predicted octanol–water partition coefficient (Wildman–Crippen LogP) is 5.39. The van der Waals surface area contributed by atoms with Crippen LogP contribution in [-0.2, 0) is 28.7 Å². The number of rotatable bonds is 12. The van der Waals surface area contributed by atoms with Crippen molar-refractivity contribution in [2.75, 3.05) is 49.2 Å². The van der Waals surface area contributed by atoms with E-state index in [9.17, 15) is 4.79 Å². The van der Waals surface area contributed by atoms with Crippen LogP contribution in [0.3, 0.4) is 0 Å². The molecule has 0 amide bonds. The van der Waals surface area contributed by atoms with Crippen molar-refractivity contribution in [1.82, 2.24) is 29.1 Å². The van der Waals surface area contributed by atoms with Gasteiger partial charge in [-0.3, -0.25) is 4.57 Å². The van der Waals surface area contributed by atoms with Crippen molar-refractivity contribution in [3.63, 3.8) is 0 Å². The first-order valence-electron chi connectivity index (χ1n) is 17.3. The number of hydrogen-bond donors (Lipinski definition) is 0. The molecule has 2 saturated heterocycles. The molecule has 0 spiro atoms. The third kappa shape index (κ3) is 7.01. The molecule has 0 saturated carbocycles. The number of anilines is 2. The van der Waals surface area contributed by atoms with Crippen LogP contribution >= 0.6 is 11.6 Å². The Morgan fingerprint density at radius 3 is 2.10 bits per heavy atom. The topological polar surface area (TPSA) is 105 Å². The summed E-state index contributed by atoms with van der Waals surface area (Å²) in [5.41, 5.74) is 3.85. The fraction of sp³-hybridized carbons (Fsp3) is 0.405. The average molecular weight is 699 g/mol. The number of ether oxygens (including phenoxy) is 3. The van der Waals surface area contributed by atoms with Gasteiger partial charge in [0.2, 0.25) is 5.79 Å². The van der Waals surface area contributed by atoms with E-state index in [2.05, 4.69) is 63.2 Å². The van der Waals surface area contributed by atoms with E-state index < -0.39 is 5.79 Å². The van der Waals surface area contributed by atoms with Crippen LogP contribution in [0.1, 0.15) is 44.1 Å². The Hall–Kier alpha value is -4.65. The summed E-state index contributed by atoms with van der Waals surface area (Å²) in [5.74, 6) is 0.520. The normalized spacial score (nSPS) is 19.4. The fourth-order valence-corrected chi connectivity index (χ4v) is 6.89. The Bertz CT molecular complexity index is 1910. The van der Waals surface area contributed by atoms with Crippen LogP contribution in [0.15, 0.2) is 90.2 Å². The SMILES string of the molecule is CCC(CC)n1cnn(-c2ccc(N3CCN(c4ccc(OCC5COC(Cc6nncn6C)(c6ccc(Cl)cc6)O5)cc4)CC3)cc2)c1=O. The Morgan fingerprint density at radius 2 is 1.50 bits per heavy atom. The molecule has 0 aliphatic carbocycles. The monoisotopic (exact) mass is 698 g/mol. The number of benzene rings is 3. The van der Waals surface area contributed by atoms with Crippen LogP contribution in [0.25, 0.3) is 5.69 Å². The van der Waals surface area contributed by atoms with Gasteiger partial charge < -0.3 is 28.6 Å². The maximum atomic E-state index is 13.0. The minimum atomic E-state index is -1.01. The molecule has 2 fully saturated rings. The number of aromatic nitrogens is 6. The molecule has 7 rings (SSSR count). The molecule has 262 valence electrons. The Balaban J connectivity index is 0.920. The van der Waals surface area contributed by atoms with Crippen LogP contribution < -0.4 is 20.2 Å². The molecule has 4 heterocycles. The van der Waals surface area contributed by atoms with Crippen molar-refractivity contribution in [1.29, 1.82) is 0 Å². The minimum Gasteiger partial charge on any atom is -0.491 e. The lowest BCUT2D eigenvalue weighted by molar-refractivity contribution is -0.179. The molecule has 3 aromatic carbocycles. The Morgan fingerprint density at radius 1 is 0.880 bits per heavy atom. The summed E-state index contributed by atoms with van der Waals surface area (Å²) < 4.78 is 24.1. The van der Waals surface area contributed by atoms with Crippen molar-refractivity contribution in [2.24, 2.45) is 7.05 Å². The van der Waals surface area contributed by atoms with E-state index >= 15 is 0 Å². The highest BCUT2D eigenvalue weighted by molar-refractivity contribution is 6.30. The number of hydrogen-bond acceptors (Lipinski definition) is 9. The Labute approximate surface area is 296 Å². The van der Waals surface area contributed by atoms with Crippen LogP contribution in [0.4, 0.5) is 11.4 Å². The number of aryl methyl sites for hydroxylation is 1. The molecule has 2 atom stereocenters. The largest absolute Gasteiger partial charge is 0.491 e. The van der Waals surface area contributed by atoms with Gasteiger partial charge in [0.1, 0.15) is 36.9 Å². The molecule has 0 bridgehead atoms. The summed E-state index contributed by atoms with van der Waals surface area (Å²) >= 11 is 6.17. The van der Waals surface area contributed by atoms with Gasteiger partial charge in [-0.05, 0) is 73.5 Å². The van der Waals surface area contributed by atoms with Gasteiger partial charge in [0.05, 0.1) is 18.7 Å². The average Bonchev–Trinajstić information content (AvgIpc) is 3.87. The molecule has 0 radical (unpaired) electrons. The molecule has 5 aromatic rings. The van der Waals surface area contributed by atoms with E-state index in [0.717, 1.165) is 73.2 Å². The lowest BCUT2D eigenvalue weighted by Gasteiger charge is -2.37.